The maximum atomic E-state index is 13.0. The van der Waals surface area contributed by atoms with Crippen LogP contribution < -0.4 is 5.32 Å². The van der Waals surface area contributed by atoms with Gasteiger partial charge in [0.1, 0.15) is 0 Å². The molecule has 2 rings (SSSR count). The van der Waals surface area contributed by atoms with E-state index in [4.69, 9.17) is 0 Å². The molecule has 0 unspecified atom stereocenters. The van der Waals surface area contributed by atoms with Crippen LogP contribution in [-0.2, 0) is 6.54 Å². The second kappa shape index (κ2) is 5.75. The van der Waals surface area contributed by atoms with Gasteiger partial charge >= 0.3 is 0 Å². The molecule has 0 saturated carbocycles. The number of halogens is 2. The van der Waals surface area contributed by atoms with Crippen molar-refractivity contribution >= 4 is 5.84 Å². The number of amidine groups is 1. The SMILES string of the molecule is Fc1ccc(CNC2=NCCCCC2)cc1F. The van der Waals surface area contributed by atoms with Crippen molar-refractivity contribution in [2.45, 2.75) is 32.2 Å². The first kappa shape index (κ1) is 12.0. The van der Waals surface area contributed by atoms with E-state index < -0.39 is 11.6 Å². The van der Waals surface area contributed by atoms with Gasteiger partial charge in [0.25, 0.3) is 0 Å². The van der Waals surface area contributed by atoms with Gasteiger partial charge in [-0.25, -0.2) is 8.78 Å². The van der Waals surface area contributed by atoms with Crippen molar-refractivity contribution in [1.82, 2.24) is 5.32 Å². The van der Waals surface area contributed by atoms with Gasteiger partial charge in [-0.05, 0) is 30.5 Å². The van der Waals surface area contributed by atoms with Crippen molar-refractivity contribution < 1.29 is 8.78 Å². The topological polar surface area (TPSA) is 24.4 Å². The third-order valence-corrected chi connectivity index (χ3v) is 2.85. The van der Waals surface area contributed by atoms with E-state index in [1.807, 2.05) is 0 Å². The van der Waals surface area contributed by atoms with Crippen molar-refractivity contribution in [3.63, 3.8) is 0 Å². The highest BCUT2D eigenvalue weighted by Gasteiger charge is 2.05. The van der Waals surface area contributed by atoms with E-state index in [0.29, 0.717) is 6.54 Å². The van der Waals surface area contributed by atoms with Gasteiger partial charge in [0.2, 0.25) is 0 Å². The Labute approximate surface area is 99.8 Å². The van der Waals surface area contributed by atoms with Crippen LogP contribution in [-0.4, -0.2) is 12.4 Å². The summed E-state index contributed by atoms with van der Waals surface area (Å²) < 4.78 is 25.7. The number of nitrogens with zero attached hydrogens (tertiary/aromatic N) is 1. The molecule has 4 heteroatoms. The van der Waals surface area contributed by atoms with Crippen LogP contribution in [0.4, 0.5) is 8.78 Å². The van der Waals surface area contributed by atoms with Gasteiger partial charge in [-0.15, -0.1) is 0 Å². The minimum absolute atomic E-state index is 0.496. The Hall–Kier alpha value is -1.45. The first-order valence-electron chi connectivity index (χ1n) is 5.97. The summed E-state index contributed by atoms with van der Waals surface area (Å²) in [6.07, 6.45) is 4.43. The summed E-state index contributed by atoms with van der Waals surface area (Å²) in [5.74, 6) is -0.625. The standard InChI is InChI=1S/C13H16F2N2/c14-11-6-5-10(8-12(11)15)9-17-13-4-2-1-3-7-16-13/h5-6,8H,1-4,7,9H2,(H,16,17). The zero-order valence-electron chi connectivity index (χ0n) is 9.68. The van der Waals surface area contributed by atoms with Crippen molar-refractivity contribution in [2.75, 3.05) is 6.54 Å². The van der Waals surface area contributed by atoms with Crippen LogP contribution in [0.1, 0.15) is 31.2 Å². The predicted octanol–water partition coefficient (Wildman–Crippen LogP) is 3.03. The second-order valence-corrected chi connectivity index (χ2v) is 4.24. The number of aliphatic imine (C=N–C) groups is 1. The molecule has 0 aromatic heterocycles. The first-order chi connectivity index (χ1) is 8.25. The largest absolute Gasteiger partial charge is 0.370 e. The maximum Gasteiger partial charge on any atom is 0.159 e. The summed E-state index contributed by atoms with van der Waals surface area (Å²) in [4.78, 5) is 4.42. The Morgan fingerprint density at radius 3 is 2.82 bits per heavy atom. The highest BCUT2D eigenvalue weighted by molar-refractivity contribution is 5.82. The normalized spacial score (nSPS) is 16.2. The molecule has 0 amide bonds. The monoisotopic (exact) mass is 238 g/mol. The third-order valence-electron chi connectivity index (χ3n) is 2.85. The molecule has 0 spiro atoms. The Bertz CT molecular complexity index is 416. The van der Waals surface area contributed by atoms with Gasteiger partial charge in [0, 0.05) is 19.5 Å². The fourth-order valence-corrected chi connectivity index (χ4v) is 1.87. The smallest absolute Gasteiger partial charge is 0.159 e. The molecule has 1 aliphatic heterocycles. The molecule has 2 nitrogen and oxygen atoms in total. The molecular weight excluding hydrogens is 222 g/mol. The highest BCUT2D eigenvalue weighted by atomic mass is 19.2. The molecule has 1 aliphatic rings. The van der Waals surface area contributed by atoms with Gasteiger partial charge in [-0.3, -0.25) is 4.99 Å². The van der Waals surface area contributed by atoms with E-state index in [1.165, 1.54) is 12.5 Å². The second-order valence-electron chi connectivity index (χ2n) is 4.24. The Balaban J connectivity index is 1.92. The summed E-state index contributed by atoms with van der Waals surface area (Å²) in [5, 5.41) is 3.19. The van der Waals surface area contributed by atoms with E-state index in [2.05, 4.69) is 10.3 Å². The number of rotatable bonds is 2. The fourth-order valence-electron chi connectivity index (χ4n) is 1.87. The molecule has 1 aromatic rings. The van der Waals surface area contributed by atoms with E-state index in [9.17, 15) is 8.78 Å². The van der Waals surface area contributed by atoms with Gasteiger partial charge in [0.15, 0.2) is 11.6 Å². The van der Waals surface area contributed by atoms with Gasteiger partial charge in [0.05, 0.1) is 5.84 Å². The summed E-state index contributed by atoms with van der Waals surface area (Å²) in [6, 6.07) is 3.96. The van der Waals surface area contributed by atoms with E-state index in [1.54, 1.807) is 6.07 Å². The minimum atomic E-state index is -0.805. The predicted molar refractivity (Wildman–Crippen MR) is 64.0 cm³/mol. The van der Waals surface area contributed by atoms with Crippen molar-refractivity contribution in [2.24, 2.45) is 4.99 Å². The molecule has 1 heterocycles. The molecular formula is C13H16F2N2. The molecule has 0 aliphatic carbocycles. The number of hydrogen-bond acceptors (Lipinski definition) is 2. The molecule has 0 fully saturated rings. The average Bonchev–Trinajstić information content (AvgIpc) is 2.59. The van der Waals surface area contributed by atoms with Crippen molar-refractivity contribution in [1.29, 1.82) is 0 Å². The summed E-state index contributed by atoms with van der Waals surface area (Å²) >= 11 is 0. The lowest BCUT2D eigenvalue weighted by Gasteiger charge is -2.08. The molecule has 1 aromatic carbocycles. The summed E-state index contributed by atoms with van der Waals surface area (Å²) in [7, 11) is 0. The third kappa shape index (κ3) is 3.51. The molecule has 17 heavy (non-hydrogen) atoms. The summed E-state index contributed by atoms with van der Waals surface area (Å²) in [6.45, 7) is 1.36. The van der Waals surface area contributed by atoms with Crippen LogP contribution in [0.5, 0.6) is 0 Å². The number of hydrogen-bond donors (Lipinski definition) is 1. The minimum Gasteiger partial charge on any atom is -0.370 e. The number of benzene rings is 1. The Morgan fingerprint density at radius 2 is 2.00 bits per heavy atom. The lowest BCUT2D eigenvalue weighted by Crippen LogP contribution is -2.22. The molecule has 92 valence electrons. The van der Waals surface area contributed by atoms with E-state index in [0.717, 1.165) is 43.3 Å². The van der Waals surface area contributed by atoms with Crippen LogP contribution in [0, 0.1) is 11.6 Å². The first-order valence-corrected chi connectivity index (χ1v) is 5.97. The van der Waals surface area contributed by atoms with Gasteiger partial charge in [-0.1, -0.05) is 12.5 Å². The Morgan fingerprint density at radius 1 is 1.12 bits per heavy atom. The lowest BCUT2D eigenvalue weighted by molar-refractivity contribution is 0.507. The van der Waals surface area contributed by atoms with Crippen LogP contribution in [0.15, 0.2) is 23.2 Å². The zero-order chi connectivity index (χ0) is 12.1. The van der Waals surface area contributed by atoms with E-state index in [-0.39, 0.29) is 0 Å². The van der Waals surface area contributed by atoms with Crippen LogP contribution in [0.2, 0.25) is 0 Å². The molecule has 0 bridgehead atoms. The van der Waals surface area contributed by atoms with Gasteiger partial charge < -0.3 is 5.32 Å². The Kier molecular flexibility index (Phi) is 4.07. The average molecular weight is 238 g/mol. The van der Waals surface area contributed by atoms with Crippen LogP contribution in [0.25, 0.3) is 0 Å². The van der Waals surface area contributed by atoms with Gasteiger partial charge in [-0.2, -0.15) is 0 Å². The molecule has 0 saturated heterocycles. The lowest BCUT2D eigenvalue weighted by atomic mass is 10.2. The maximum absolute atomic E-state index is 13.0. The molecule has 0 radical (unpaired) electrons. The quantitative estimate of drug-likeness (QED) is 0.841. The van der Waals surface area contributed by atoms with Crippen molar-refractivity contribution in [3.05, 3.63) is 35.4 Å². The zero-order valence-corrected chi connectivity index (χ0v) is 9.68. The molecule has 1 N–H and O–H groups in total. The fraction of sp³-hybridized carbons (Fsp3) is 0.462. The van der Waals surface area contributed by atoms with Crippen molar-refractivity contribution in [3.8, 4) is 0 Å². The molecule has 0 atom stereocenters. The van der Waals surface area contributed by atoms with E-state index >= 15 is 0 Å². The van der Waals surface area contributed by atoms with Crippen LogP contribution in [0.3, 0.4) is 0 Å². The summed E-state index contributed by atoms with van der Waals surface area (Å²) in [5.41, 5.74) is 0.732. The number of nitrogens with one attached hydrogen (secondary N) is 1. The highest BCUT2D eigenvalue weighted by Crippen LogP contribution is 2.10. The van der Waals surface area contributed by atoms with Crippen LogP contribution >= 0.6 is 0 Å².